The lowest BCUT2D eigenvalue weighted by Crippen LogP contribution is -2.00. The molecule has 134 heavy (non-hydrogen) atoms. The van der Waals surface area contributed by atoms with Gasteiger partial charge in [-0.05, 0) is 164 Å². The van der Waals surface area contributed by atoms with Gasteiger partial charge in [-0.25, -0.2) is 44.9 Å². The van der Waals surface area contributed by atoms with E-state index < -0.39 is 0 Å². The molecule has 9 heteroatoms. The van der Waals surface area contributed by atoms with Crippen LogP contribution in [-0.4, -0.2) is 44.9 Å². The highest BCUT2D eigenvalue weighted by Gasteiger charge is 2.22. The third kappa shape index (κ3) is 15.0. The van der Waals surface area contributed by atoms with Gasteiger partial charge in [0.25, 0.3) is 0 Å². The van der Waals surface area contributed by atoms with E-state index in [0.717, 1.165) is 77.4 Å². The second-order valence-corrected chi connectivity index (χ2v) is 33.7. The molecule has 0 aliphatic heterocycles. The molecule has 9 nitrogen and oxygen atoms in total. The summed E-state index contributed by atoms with van der Waals surface area (Å²) in [6, 6.07) is 168. The van der Waals surface area contributed by atoms with Crippen LogP contribution in [0.25, 0.3) is 254 Å². The molecule has 26 rings (SSSR count). The number of aromatic nitrogens is 9. The van der Waals surface area contributed by atoms with E-state index >= 15 is 0 Å². The molecule has 0 radical (unpaired) electrons. The molecule has 0 aliphatic rings. The van der Waals surface area contributed by atoms with Crippen molar-refractivity contribution in [3.05, 3.63) is 479 Å². The maximum Gasteiger partial charge on any atom is 0.164 e. The van der Waals surface area contributed by atoms with Gasteiger partial charge in [-0.1, -0.05) is 467 Å². The van der Waals surface area contributed by atoms with Crippen LogP contribution in [-0.2, 0) is 0 Å². The number of benzene rings is 23. The van der Waals surface area contributed by atoms with Crippen LogP contribution in [0.5, 0.6) is 0 Å². The zero-order valence-electron chi connectivity index (χ0n) is 72.6. The van der Waals surface area contributed by atoms with Gasteiger partial charge in [0.1, 0.15) is 0 Å². The minimum absolute atomic E-state index is 0.652. The molecule has 0 fully saturated rings. The van der Waals surface area contributed by atoms with E-state index in [1.807, 2.05) is 152 Å². The van der Waals surface area contributed by atoms with Crippen LogP contribution < -0.4 is 0 Å². The third-order valence-corrected chi connectivity index (χ3v) is 25.8. The first-order valence-corrected chi connectivity index (χ1v) is 45.2. The highest BCUT2D eigenvalue weighted by Crippen LogP contribution is 2.44. The van der Waals surface area contributed by atoms with Crippen molar-refractivity contribution in [2.24, 2.45) is 0 Å². The Kier molecular flexibility index (Phi) is 20.4. The second-order valence-electron chi connectivity index (χ2n) is 33.7. The molecule has 0 N–H and O–H groups in total. The molecule has 0 bridgehead atoms. The van der Waals surface area contributed by atoms with Crippen LogP contribution in [0.1, 0.15) is 0 Å². The molecular formula is C125H79N9. The lowest BCUT2D eigenvalue weighted by molar-refractivity contribution is 1.07. The summed E-state index contributed by atoms with van der Waals surface area (Å²) in [6.45, 7) is 0. The Morgan fingerprint density at radius 2 is 0.291 bits per heavy atom. The predicted octanol–water partition coefficient (Wildman–Crippen LogP) is 32.3. The Morgan fingerprint density at radius 3 is 0.657 bits per heavy atom. The summed E-state index contributed by atoms with van der Waals surface area (Å²) in [5.74, 6) is 5.93. The monoisotopic (exact) mass is 1710 g/mol. The van der Waals surface area contributed by atoms with Gasteiger partial charge in [0, 0.05) is 50.1 Å². The molecule has 26 aromatic rings. The fourth-order valence-electron chi connectivity index (χ4n) is 19.2. The highest BCUT2D eigenvalue weighted by atomic mass is 15.1. The number of hydrogen-bond donors (Lipinski definition) is 0. The Labute approximate surface area is 773 Å². The standard InChI is InChI=1S/2C43H27N3.C39H25N3/c1-3-13-29(14-4-1)41-44-42(30-15-5-2-6-16-30)46-43(45-41)40-27-26-39(32-18-9-10-19-35(32)40)34-21-11-20-33-37-23-22-28-12-7-8-17-31(28)36(37)24-25-38(33)34;1-2-11-31(12-3-1)41-44-42(46-43(45-41)34-22-17-28-9-4-5-13-33(28)27-34)32-20-18-30(19-21-32)36-15-8-16-37-38(36)25-26-39-35-14-7-6-10-29(35)23-24-40(37)39;1-3-11-28(12-4-1)37-40-38(29-13-5-2-6-14-29)42-39(41-37)30-20-18-27(19-21-30)32-16-9-17-33-34(32)24-25-35-31-15-8-7-10-26(31)22-23-36(33)35/h2*1-27H;1-25H. The SMILES string of the molecule is c1ccc(-c2nc(-c3ccc(-c4cccc5c4ccc4c6ccccc6ccc54)cc3)nc(-c3ccc4ccccc4c3)n2)cc1.c1ccc(-c2nc(-c3ccccc3)nc(-c3ccc(-c4cccc5c4ccc4c6ccccc6ccc54)c4ccccc34)n2)cc1.c1ccc(-c2nc(-c3ccccc3)nc(-c3ccc(-c4cccc5c4ccc4c6ccccc6ccc54)cc3)n2)cc1. The van der Waals surface area contributed by atoms with E-state index in [0.29, 0.717) is 52.4 Å². The van der Waals surface area contributed by atoms with E-state index in [1.54, 1.807) is 0 Å². The predicted molar refractivity (Wildman–Crippen MR) is 557 cm³/mol. The third-order valence-electron chi connectivity index (χ3n) is 25.8. The van der Waals surface area contributed by atoms with Crippen LogP contribution in [0.15, 0.2) is 479 Å². The van der Waals surface area contributed by atoms with E-state index in [-0.39, 0.29) is 0 Å². The molecule has 624 valence electrons. The zero-order chi connectivity index (χ0) is 88.8. The van der Waals surface area contributed by atoms with Gasteiger partial charge in [-0.2, -0.15) is 0 Å². The molecule has 3 heterocycles. The summed E-state index contributed by atoms with van der Waals surface area (Å²) >= 11 is 0. The Bertz CT molecular complexity index is 8920. The summed E-state index contributed by atoms with van der Waals surface area (Å²) in [6.07, 6.45) is 0. The fourth-order valence-corrected chi connectivity index (χ4v) is 19.2. The summed E-state index contributed by atoms with van der Waals surface area (Å²) in [7, 11) is 0. The van der Waals surface area contributed by atoms with Crippen LogP contribution in [0, 0.1) is 0 Å². The fraction of sp³-hybridized carbons (Fsp3) is 0. The van der Waals surface area contributed by atoms with E-state index in [1.165, 1.54) is 125 Å². The van der Waals surface area contributed by atoms with Crippen molar-refractivity contribution in [2.75, 3.05) is 0 Å². The lowest BCUT2D eigenvalue weighted by Gasteiger charge is -2.15. The number of nitrogens with zero attached hydrogens (tertiary/aromatic N) is 9. The summed E-state index contributed by atoms with van der Waals surface area (Å²) in [4.78, 5) is 44.4. The first-order chi connectivity index (χ1) is 66.4. The van der Waals surface area contributed by atoms with Crippen LogP contribution in [0.2, 0.25) is 0 Å². The van der Waals surface area contributed by atoms with E-state index in [9.17, 15) is 0 Å². The van der Waals surface area contributed by atoms with Gasteiger partial charge in [0.15, 0.2) is 52.4 Å². The average molecular weight is 1710 g/mol. The van der Waals surface area contributed by atoms with Gasteiger partial charge < -0.3 is 0 Å². The van der Waals surface area contributed by atoms with Crippen LogP contribution in [0.4, 0.5) is 0 Å². The molecule has 0 saturated heterocycles. The largest absolute Gasteiger partial charge is 0.208 e. The second kappa shape index (κ2) is 34.5. The molecule has 0 saturated carbocycles. The van der Waals surface area contributed by atoms with Gasteiger partial charge in [0.05, 0.1) is 0 Å². The van der Waals surface area contributed by atoms with Crippen molar-refractivity contribution in [1.82, 2.24) is 44.9 Å². The van der Waals surface area contributed by atoms with Gasteiger partial charge in [-0.3, -0.25) is 0 Å². The van der Waals surface area contributed by atoms with Crippen molar-refractivity contribution in [1.29, 1.82) is 0 Å². The minimum Gasteiger partial charge on any atom is -0.208 e. The van der Waals surface area contributed by atoms with Crippen LogP contribution >= 0.6 is 0 Å². The number of rotatable bonds is 12. The Morgan fingerprint density at radius 1 is 0.0896 bits per heavy atom. The van der Waals surface area contributed by atoms with Crippen molar-refractivity contribution in [2.45, 2.75) is 0 Å². The molecule has 23 aromatic carbocycles. The van der Waals surface area contributed by atoms with Gasteiger partial charge in [-0.15, -0.1) is 0 Å². The molecule has 0 unspecified atom stereocenters. The number of fused-ring (bicyclic) bond motifs is 17. The summed E-state index contributed by atoms with van der Waals surface area (Å²) in [5, 5.41) is 27.4. The van der Waals surface area contributed by atoms with Crippen molar-refractivity contribution >= 4 is 118 Å². The zero-order valence-corrected chi connectivity index (χ0v) is 72.6. The topological polar surface area (TPSA) is 116 Å². The van der Waals surface area contributed by atoms with Crippen LogP contribution in [0.3, 0.4) is 0 Å². The number of hydrogen-bond acceptors (Lipinski definition) is 9. The van der Waals surface area contributed by atoms with E-state index in [4.69, 9.17) is 44.9 Å². The quantitative estimate of drug-likeness (QED) is 0.110. The normalized spacial score (nSPS) is 11.4. The molecule has 0 atom stereocenters. The molecule has 0 aliphatic carbocycles. The Hall–Kier alpha value is -18.1. The average Bonchev–Trinajstić information content (AvgIpc) is 0.756. The van der Waals surface area contributed by atoms with Gasteiger partial charge >= 0.3 is 0 Å². The van der Waals surface area contributed by atoms with Crippen molar-refractivity contribution < 1.29 is 0 Å². The van der Waals surface area contributed by atoms with Crippen molar-refractivity contribution in [3.63, 3.8) is 0 Å². The Balaban J connectivity index is 0.000000111. The molecule has 0 spiro atoms. The molecule has 0 amide bonds. The van der Waals surface area contributed by atoms with Crippen molar-refractivity contribution in [3.8, 4) is 136 Å². The van der Waals surface area contributed by atoms with E-state index in [2.05, 4.69) is 328 Å². The first kappa shape index (κ1) is 79.4. The maximum atomic E-state index is 5.04. The summed E-state index contributed by atoms with van der Waals surface area (Å²) in [5.41, 5.74) is 15.8. The molecule has 3 aromatic heterocycles. The minimum atomic E-state index is 0.652. The highest BCUT2D eigenvalue weighted by molar-refractivity contribution is 6.23. The molecular weight excluding hydrogens is 1630 g/mol. The smallest absolute Gasteiger partial charge is 0.164 e. The summed E-state index contributed by atoms with van der Waals surface area (Å²) < 4.78 is 0. The lowest BCUT2D eigenvalue weighted by atomic mass is 9.89. The maximum absolute atomic E-state index is 5.04. The van der Waals surface area contributed by atoms with Gasteiger partial charge in [0.2, 0.25) is 0 Å². The first-order valence-electron chi connectivity index (χ1n) is 45.2.